The highest BCUT2D eigenvalue weighted by Gasteiger charge is 2.92. The van der Waals surface area contributed by atoms with Crippen LogP contribution in [-0.4, -0.2) is 70.3 Å². The summed E-state index contributed by atoms with van der Waals surface area (Å²) in [6.45, 7) is -4.80. The lowest BCUT2D eigenvalue weighted by Gasteiger charge is -2.53. The number of hydrogen-bond donors (Lipinski definition) is 2. The highest BCUT2D eigenvalue weighted by molar-refractivity contribution is 5.81. The van der Waals surface area contributed by atoms with Gasteiger partial charge in [-0.2, -0.15) is 30.7 Å². The largest absolute Gasteiger partial charge is 0.418 e. The predicted octanol–water partition coefficient (Wildman–Crippen LogP) is 2.73. The van der Waals surface area contributed by atoms with Crippen LogP contribution in [-0.2, 0) is 9.53 Å². The van der Waals surface area contributed by atoms with Gasteiger partial charge in [-0.25, -0.2) is 22.4 Å². The third-order valence-corrected chi connectivity index (χ3v) is 4.25. The first-order valence-electron chi connectivity index (χ1n) is 6.91. The number of rotatable bonds is 4. The predicted molar refractivity (Wildman–Crippen MR) is 66.4 cm³/mol. The normalized spacial score (nSPS) is 42.2. The minimum Gasteiger partial charge on any atom is -0.418 e. The van der Waals surface area contributed by atoms with Crippen LogP contribution in [0.5, 0.6) is 0 Å². The number of hydrogen-bond acceptors (Lipinski definition) is 4. The number of carbonyl (C=O) groups excluding carboxylic acids is 1. The van der Waals surface area contributed by atoms with Crippen molar-refractivity contribution in [1.29, 1.82) is 0 Å². The van der Waals surface area contributed by atoms with Crippen LogP contribution in [0, 0.1) is 0 Å². The van der Waals surface area contributed by atoms with Crippen LogP contribution in [0.1, 0.15) is 6.42 Å². The average Bonchev–Trinajstić information content (AvgIpc) is 2.57. The van der Waals surface area contributed by atoms with Gasteiger partial charge < -0.3 is 14.9 Å². The van der Waals surface area contributed by atoms with Crippen LogP contribution in [0.2, 0.25) is 0 Å². The van der Waals surface area contributed by atoms with E-state index < -0.39 is 66.5 Å². The molecule has 4 unspecified atom stereocenters. The number of carbonyl (C=O) groups is 1. The van der Waals surface area contributed by atoms with Crippen molar-refractivity contribution in [2.24, 2.45) is 0 Å². The maximum absolute atomic E-state index is 14.6. The number of alkyl halides is 11. The lowest BCUT2D eigenvalue weighted by atomic mass is 9.69. The first-order chi connectivity index (χ1) is 12.3. The third kappa shape index (κ3) is 2.61. The van der Waals surface area contributed by atoms with Gasteiger partial charge in [0.05, 0.1) is 6.42 Å². The molecule has 0 saturated heterocycles. The zero-order valence-corrected chi connectivity index (χ0v) is 13.3. The number of halogens is 11. The first kappa shape index (κ1) is 24.4. The molecule has 0 aromatic rings. The second-order valence-corrected chi connectivity index (χ2v) is 5.94. The Bertz CT molecular complexity index is 654. The Morgan fingerprint density at radius 1 is 0.893 bits per heavy atom. The van der Waals surface area contributed by atoms with Crippen molar-refractivity contribution in [3.05, 3.63) is 12.7 Å². The molecule has 0 aromatic carbocycles. The molecule has 28 heavy (non-hydrogen) atoms. The maximum Gasteiger partial charge on any atom is 0.358 e. The van der Waals surface area contributed by atoms with Crippen molar-refractivity contribution in [3.63, 3.8) is 0 Å². The van der Waals surface area contributed by atoms with E-state index in [4.69, 9.17) is 5.11 Å². The molecule has 1 saturated carbocycles. The minimum absolute atomic E-state index is 0.170. The highest BCUT2D eigenvalue weighted by Crippen LogP contribution is 2.63. The van der Waals surface area contributed by atoms with Crippen molar-refractivity contribution in [2.75, 3.05) is 13.3 Å². The Hall–Kier alpha value is -1.64. The van der Waals surface area contributed by atoms with Gasteiger partial charge in [-0.15, -0.1) is 0 Å². The Labute approximate surface area is 148 Å². The molecular weight excluding hydrogens is 429 g/mol. The molecule has 15 heteroatoms. The second kappa shape index (κ2) is 6.43. The molecule has 0 aliphatic heterocycles. The van der Waals surface area contributed by atoms with Gasteiger partial charge in [0.25, 0.3) is 11.5 Å². The molecule has 4 atom stereocenters. The molecule has 1 rings (SSSR count). The van der Waals surface area contributed by atoms with E-state index in [1.54, 1.807) is 0 Å². The smallest absolute Gasteiger partial charge is 0.358 e. The Balaban J connectivity index is 4.03. The fourth-order valence-electron chi connectivity index (χ4n) is 2.50. The van der Waals surface area contributed by atoms with Crippen molar-refractivity contribution >= 4 is 5.97 Å². The Morgan fingerprint density at radius 2 is 1.36 bits per heavy atom. The average molecular weight is 440 g/mol. The number of esters is 1. The molecule has 0 heterocycles. The summed E-state index contributed by atoms with van der Waals surface area (Å²) in [6.07, 6.45) is -3.69. The number of ether oxygens (including phenoxy) is 1. The van der Waals surface area contributed by atoms with Crippen LogP contribution in [0.4, 0.5) is 48.3 Å². The summed E-state index contributed by atoms with van der Waals surface area (Å²) < 4.78 is 157. The third-order valence-electron chi connectivity index (χ3n) is 4.25. The molecule has 1 aliphatic rings. The van der Waals surface area contributed by atoms with E-state index in [0.29, 0.717) is 0 Å². The summed E-state index contributed by atoms with van der Waals surface area (Å²) in [5.74, 6) is -34.6. The quantitative estimate of drug-likeness (QED) is 0.401. The zero-order valence-electron chi connectivity index (χ0n) is 13.3. The molecule has 0 aromatic heterocycles. The second-order valence-electron chi connectivity index (χ2n) is 5.94. The van der Waals surface area contributed by atoms with E-state index in [-0.39, 0.29) is 6.08 Å². The van der Waals surface area contributed by atoms with Gasteiger partial charge in [0, 0.05) is 6.08 Å². The highest BCUT2D eigenvalue weighted by atomic mass is 19.3. The SMILES string of the molecule is C=CC(=O)OC1(F)CC(O)(F)C(F)(F)C(O)(CF)C(F)(F)C(F)(CF)C1(F)F. The molecule has 2 N–H and O–H groups in total. The molecule has 0 radical (unpaired) electrons. The van der Waals surface area contributed by atoms with Crippen molar-refractivity contribution in [1.82, 2.24) is 0 Å². The molecule has 0 amide bonds. The zero-order chi connectivity index (χ0) is 22.6. The molecule has 1 fully saturated rings. The number of aliphatic hydroxyl groups is 2. The molecule has 0 bridgehead atoms. The van der Waals surface area contributed by atoms with Gasteiger partial charge in [0.15, 0.2) is 0 Å². The van der Waals surface area contributed by atoms with E-state index in [0.717, 1.165) is 0 Å². The van der Waals surface area contributed by atoms with E-state index in [2.05, 4.69) is 11.3 Å². The van der Waals surface area contributed by atoms with Crippen molar-refractivity contribution < 1.29 is 68.0 Å². The lowest BCUT2D eigenvalue weighted by molar-refractivity contribution is -0.450. The summed E-state index contributed by atoms with van der Waals surface area (Å²) >= 11 is 0. The first-order valence-corrected chi connectivity index (χ1v) is 6.91. The van der Waals surface area contributed by atoms with Gasteiger partial charge in [0.1, 0.15) is 13.3 Å². The molecule has 164 valence electrons. The molecule has 0 spiro atoms. The van der Waals surface area contributed by atoms with E-state index in [1.807, 2.05) is 0 Å². The summed E-state index contributed by atoms with van der Waals surface area (Å²) in [7, 11) is 0. The topological polar surface area (TPSA) is 66.8 Å². The maximum atomic E-state index is 14.6. The minimum atomic E-state index is -6.99. The molecule has 1 aliphatic carbocycles. The van der Waals surface area contributed by atoms with Crippen LogP contribution >= 0.6 is 0 Å². The van der Waals surface area contributed by atoms with Gasteiger partial charge in [-0.1, -0.05) is 6.58 Å². The summed E-state index contributed by atoms with van der Waals surface area (Å²) in [5.41, 5.74) is -12.6. The summed E-state index contributed by atoms with van der Waals surface area (Å²) in [5, 5.41) is 18.2. The molecule has 4 nitrogen and oxygen atoms in total. The van der Waals surface area contributed by atoms with E-state index >= 15 is 0 Å². The lowest BCUT2D eigenvalue weighted by Crippen LogP contribution is -2.83. The van der Waals surface area contributed by atoms with Crippen LogP contribution < -0.4 is 0 Å². The van der Waals surface area contributed by atoms with Crippen molar-refractivity contribution in [3.8, 4) is 0 Å². The molecular formula is C13H11F11O4. The van der Waals surface area contributed by atoms with Crippen molar-refractivity contribution in [2.45, 2.75) is 47.2 Å². The fraction of sp³-hybridized carbons (Fsp3) is 0.769. The van der Waals surface area contributed by atoms with E-state index in [9.17, 15) is 58.2 Å². The van der Waals surface area contributed by atoms with Crippen LogP contribution in [0.15, 0.2) is 12.7 Å². The fourth-order valence-corrected chi connectivity index (χ4v) is 2.50. The Kier molecular flexibility index (Phi) is 5.61. The Morgan fingerprint density at radius 3 is 1.71 bits per heavy atom. The van der Waals surface area contributed by atoms with Gasteiger partial charge in [0.2, 0.25) is 5.60 Å². The van der Waals surface area contributed by atoms with Crippen LogP contribution in [0.3, 0.4) is 0 Å². The van der Waals surface area contributed by atoms with Crippen LogP contribution in [0.25, 0.3) is 0 Å². The van der Waals surface area contributed by atoms with Gasteiger partial charge >= 0.3 is 29.6 Å². The van der Waals surface area contributed by atoms with Gasteiger partial charge in [-0.05, 0) is 0 Å². The standard InChI is InChI=1S/C13H11F11O4/c1-2-6(25)28-10(18)3-9(17,27)13(23,24)8(26,5-15)11(19,20)7(16,4-14)12(10,21)22/h2,26-27H,1,3-5H2. The van der Waals surface area contributed by atoms with E-state index in [1.165, 1.54) is 0 Å². The monoisotopic (exact) mass is 440 g/mol. The van der Waals surface area contributed by atoms with Gasteiger partial charge in [-0.3, -0.25) is 0 Å². The summed E-state index contributed by atoms with van der Waals surface area (Å²) in [4.78, 5) is 11.0. The summed E-state index contributed by atoms with van der Waals surface area (Å²) in [6, 6.07) is 0.